The summed E-state index contributed by atoms with van der Waals surface area (Å²) in [5.41, 5.74) is 0.966. The first-order valence-corrected chi connectivity index (χ1v) is 9.48. The van der Waals surface area contributed by atoms with Gasteiger partial charge in [-0.1, -0.05) is 40.9 Å². The second-order valence-corrected chi connectivity index (χ2v) is 7.87. The molecule has 0 spiro atoms. The van der Waals surface area contributed by atoms with Crippen LogP contribution in [0.2, 0.25) is 15.1 Å². The highest BCUT2D eigenvalue weighted by Crippen LogP contribution is 2.38. The average Bonchev–Trinajstić information content (AvgIpc) is 3.25. The van der Waals surface area contributed by atoms with Crippen molar-refractivity contribution in [3.63, 3.8) is 0 Å². The third-order valence-electron chi connectivity index (χ3n) is 3.71. The predicted octanol–water partition coefficient (Wildman–Crippen LogP) is 5.36. The van der Waals surface area contributed by atoms with Crippen molar-refractivity contribution < 1.29 is 0 Å². The van der Waals surface area contributed by atoms with Gasteiger partial charge in [0.05, 0.1) is 20.5 Å². The van der Waals surface area contributed by atoms with Crippen molar-refractivity contribution in [3.05, 3.63) is 50.0 Å². The van der Waals surface area contributed by atoms with Crippen molar-refractivity contribution in [1.82, 2.24) is 25.1 Å². The maximum Gasteiger partial charge on any atom is 0.218 e. The van der Waals surface area contributed by atoms with Crippen LogP contribution in [0.4, 0.5) is 5.82 Å². The lowest BCUT2D eigenvalue weighted by Crippen LogP contribution is -2.04. The van der Waals surface area contributed by atoms with E-state index in [2.05, 4.69) is 30.5 Å². The van der Waals surface area contributed by atoms with Gasteiger partial charge in [0.15, 0.2) is 0 Å². The topological polar surface area (TPSA) is 79.4 Å². The predicted molar refractivity (Wildman–Crippen MR) is 106 cm³/mol. The van der Waals surface area contributed by atoms with Gasteiger partial charge in [0.25, 0.3) is 0 Å². The Labute approximate surface area is 167 Å². The van der Waals surface area contributed by atoms with E-state index in [-0.39, 0.29) is 0 Å². The maximum absolute atomic E-state index is 6.47. The molecule has 0 aliphatic carbocycles. The Hall–Kier alpha value is -1.93. The minimum atomic E-state index is 0.423. The quantitative estimate of drug-likeness (QED) is 0.460. The van der Waals surface area contributed by atoms with Crippen molar-refractivity contribution in [2.45, 2.75) is 13.5 Å². The molecule has 0 amide bonds. The maximum atomic E-state index is 6.47. The van der Waals surface area contributed by atoms with Gasteiger partial charge in [-0.3, -0.25) is 5.10 Å². The Morgan fingerprint density at radius 3 is 2.69 bits per heavy atom. The lowest BCUT2D eigenvalue weighted by Gasteiger charge is -2.09. The molecule has 6 nitrogen and oxygen atoms in total. The van der Waals surface area contributed by atoms with Crippen LogP contribution in [0, 0.1) is 6.92 Å². The Balaban J connectivity index is 1.75. The largest absolute Gasteiger partial charge is 0.365 e. The molecule has 0 bridgehead atoms. The Morgan fingerprint density at radius 1 is 1.12 bits per heavy atom. The van der Waals surface area contributed by atoms with Gasteiger partial charge in [0.1, 0.15) is 17.0 Å². The van der Waals surface area contributed by atoms with Gasteiger partial charge in [-0.25, -0.2) is 15.0 Å². The summed E-state index contributed by atoms with van der Waals surface area (Å²) in [7, 11) is 0. The highest BCUT2D eigenvalue weighted by atomic mass is 35.5. The summed E-state index contributed by atoms with van der Waals surface area (Å²) < 4.78 is 0. The molecule has 4 aromatic rings. The normalized spacial score (nSPS) is 11.2. The first kappa shape index (κ1) is 17.5. The van der Waals surface area contributed by atoms with Gasteiger partial charge in [0.2, 0.25) is 11.6 Å². The number of rotatable bonds is 4. The number of nitrogens with zero attached hydrogens (tertiary/aromatic N) is 4. The number of hydrogen-bond donors (Lipinski definition) is 2. The number of hydrogen-bond acceptors (Lipinski definition) is 6. The van der Waals surface area contributed by atoms with Crippen LogP contribution in [0.15, 0.2) is 24.5 Å². The van der Waals surface area contributed by atoms with E-state index < -0.39 is 0 Å². The zero-order valence-corrected chi connectivity index (χ0v) is 16.4. The smallest absolute Gasteiger partial charge is 0.218 e. The summed E-state index contributed by atoms with van der Waals surface area (Å²) in [5, 5.41) is 12.5. The fourth-order valence-electron chi connectivity index (χ4n) is 2.46. The van der Waals surface area contributed by atoms with Crippen LogP contribution < -0.4 is 5.32 Å². The Kier molecular flexibility index (Phi) is 4.71. The number of nitrogens with one attached hydrogen (secondary N) is 2. The second-order valence-electron chi connectivity index (χ2n) is 5.47. The van der Waals surface area contributed by atoms with E-state index in [0.29, 0.717) is 39.1 Å². The number of aromatic amines is 1. The van der Waals surface area contributed by atoms with Crippen LogP contribution in [-0.4, -0.2) is 25.1 Å². The molecule has 0 saturated carbocycles. The zero-order valence-electron chi connectivity index (χ0n) is 13.3. The molecule has 10 heteroatoms. The van der Waals surface area contributed by atoms with Crippen LogP contribution in [0.3, 0.4) is 0 Å². The molecule has 3 heterocycles. The molecule has 0 atom stereocenters. The average molecular weight is 426 g/mol. The fraction of sp³-hybridized carbons (Fsp3) is 0.125. The minimum absolute atomic E-state index is 0.423. The van der Waals surface area contributed by atoms with E-state index in [9.17, 15) is 0 Å². The molecule has 0 fully saturated rings. The number of benzene rings is 1. The third-order valence-corrected chi connectivity index (χ3v) is 6.04. The van der Waals surface area contributed by atoms with E-state index in [0.717, 1.165) is 20.7 Å². The number of aryl methyl sites for hydroxylation is 1. The molecule has 26 heavy (non-hydrogen) atoms. The molecule has 1 aromatic carbocycles. The van der Waals surface area contributed by atoms with Gasteiger partial charge in [-0.05, 0) is 24.6 Å². The molecule has 132 valence electrons. The third kappa shape index (κ3) is 3.23. The summed E-state index contributed by atoms with van der Waals surface area (Å²) in [6.45, 7) is 2.45. The SMILES string of the molecule is Cc1sc2nc(-c3nc[nH]n3)nc(NCc3ccc(Cl)c(Cl)c3)c2c1Cl. The summed E-state index contributed by atoms with van der Waals surface area (Å²) >= 11 is 20.0. The lowest BCUT2D eigenvalue weighted by molar-refractivity contribution is 1.06. The number of halogens is 3. The summed E-state index contributed by atoms with van der Waals surface area (Å²) in [4.78, 5) is 15.0. The standard InChI is InChI=1S/C16H11Cl3N6S/c1-7-12(19)11-13(20-5-8-2-3-9(17)10(18)4-8)23-15(24-16(11)26-7)14-21-6-22-25-14/h2-4,6H,5H2,1H3,(H,20,23,24)(H,21,22,25). The zero-order chi connectivity index (χ0) is 18.3. The molecule has 0 aliphatic rings. The summed E-state index contributed by atoms with van der Waals surface area (Å²) in [6.07, 6.45) is 1.48. The molecule has 0 radical (unpaired) electrons. The van der Waals surface area contributed by atoms with Gasteiger partial charge in [-0.2, -0.15) is 5.10 Å². The molecule has 0 aliphatic heterocycles. The van der Waals surface area contributed by atoms with E-state index in [1.807, 2.05) is 19.1 Å². The van der Waals surface area contributed by atoms with Crippen LogP contribution in [0.1, 0.15) is 10.4 Å². The van der Waals surface area contributed by atoms with Crippen LogP contribution in [-0.2, 0) is 6.54 Å². The van der Waals surface area contributed by atoms with Crippen LogP contribution >= 0.6 is 46.1 Å². The van der Waals surface area contributed by atoms with E-state index in [1.54, 1.807) is 6.07 Å². The van der Waals surface area contributed by atoms with E-state index in [1.165, 1.54) is 17.7 Å². The fourth-order valence-corrected chi connectivity index (χ4v) is 4.04. The highest BCUT2D eigenvalue weighted by molar-refractivity contribution is 7.19. The first-order chi connectivity index (χ1) is 12.5. The van der Waals surface area contributed by atoms with Crippen molar-refractivity contribution in [1.29, 1.82) is 0 Å². The molecular weight excluding hydrogens is 415 g/mol. The van der Waals surface area contributed by atoms with Gasteiger partial charge in [0, 0.05) is 11.4 Å². The highest BCUT2D eigenvalue weighted by Gasteiger charge is 2.18. The number of thiophene rings is 1. The molecule has 3 aromatic heterocycles. The summed E-state index contributed by atoms with van der Waals surface area (Å²) in [6, 6.07) is 5.47. The van der Waals surface area contributed by atoms with Crippen molar-refractivity contribution >= 4 is 62.2 Å². The molecule has 0 saturated heterocycles. The van der Waals surface area contributed by atoms with Crippen molar-refractivity contribution in [3.8, 4) is 11.6 Å². The van der Waals surface area contributed by atoms with Crippen LogP contribution in [0.25, 0.3) is 21.9 Å². The molecule has 0 unspecified atom stereocenters. The molecular formula is C16H11Cl3N6S. The monoisotopic (exact) mass is 424 g/mol. The van der Waals surface area contributed by atoms with Crippen molar-refractivity contribution in [2.75, 3.05) is 5.32 Å². The lowest BCUT2D eigenvalue weighted by atomic mass is 10.2. The first-order valence-electron chi connectivity index (χ1n) is 7.53. The Bertz CT molecular complexity index is 1090. The second kappa shape index (κ2) is 7.00. The van der Waals surface area contributed by atoms with Crippen molar-refractivity contribution in [2.24, 2.45) is 0 Å². The minimum Gasteiger partial charge on any atom is -0.365 e. The van der Waals surface area contributed by atoms with E-state index in [4.69, 9.17) is 34.8 Å². The van der Waals surface area contributed by atoms with E-state index >= 15 is 0 Å². The summed E-state index contributed by atoms with van der Waals surface area (Å²) in [5.74, 6) is 1.47. The van der Waals surface area contributed by atoms with Crippen LogP contribution in [0.5, 0.6) is 0 Å². The molecule has 4 rings (SSSR count). The Morgan fingerprint density at radius 2 is 1.96 bits per heavy atom. The molecule has 2 N–H and O–H groups in total. The van der Waals surface area contributed by atoms with Gasteiger partial charge >= 0.3 is 0 Å². The number of anilines is 1. The number of fused-ring (bicyclic) bond motifs is 1. The number of H-pyrrole nitrogens is 1. The van der Waals surface area contributed by atoms with Gasteiger partial charge < -0.3 is 5.32 Å². The number of aromatic nitrogens is 5. The van der Waals surface area contributed by atoms with Gasteiger partial charge in [-0.15, -0.1) is 11.3 Å².